The van der Waals surface area contributed by atoms with Gasteiger partial charge in [0.05, 0.1) is 0 Å². The zero-order valence-electron chi connectivity index (χ0n) is 16.5. The Morgan fingerprint density at radius 2 is 1.85 bits per heavy atom. The van der Waals surface area contributed by atoms with Crippen LogP contribution in [0.5, 0.6) is 0 Å². The predicted molar refractivity (Wildman–Crippen MR) is 115 cm³/mol. The first-order valence-corrected chi connectivity index (χ1v) is 10.7. The minimum absolute atomic E-state index is 0.422. The van der Waals surface area contributed by atoms with Gasteiger partial charge in [-0.15, -0.1) is 0 Å². The number of benzene rings is 1. The van der Waals surface area contributed by atoms with Gasteiger partial charge in [0, 0.05) is 17.3 Å². The second-order valence-corrected chi connectivity index (χ2v) is 7.88. The van der Waals surface area contributed by atoms with Crippen molar-refractivity contribution in [3.05, 3.63) is 94.4 Å². The van der Waals surface area contributed by atoms with Crippen LogP contribution >= 0.6 is 0 Å². The van der Waals surface area contributed by atoms with Gasteiger partial charge in [0.2, 0.25) is 0 Å². The van der Waals surface area contributed by atoms with Gasteiger partial charge in [-0.1, -0.05) is 61.6 Å². The third kappa shape index (κ3) is 4.18. The average molecular weight is 358 g/mol. The third-order valence-electron chi connectivity index (χ3n) is 6.11. The van der Waals surface area contributed by atoms with E-state index in [0.717, 1.165) is 25.7 Å². The summed E-state index contributed by atoms with van der Waals surface area (Å²) in [5, 5.41) is 3.86. The van der Waals surface area contributed by atoms with Crippen LogP contribution in [-0.2, 0) is 0 Å². The first-order chi connectivity index (χ1) is 13.3. The van der Waals surface area contributed by atoms with E-state index in [4.69, 9.17) is 0 Å². The van der Waals surface area contributed by atoms with Crippen LogP contribution < -0.4 is 5.32 Å². The van der Waals surface area contributed by atoms with E-state index < -0.39 is 0 Å². The smallest absolute Gasteiger partial charge is 0.0281 e. The van der Waals surface area contributed by atoms with Crippen LogP contribution in [-0.4, -0.2) is 0 Å². The molecule has 1 N–H and O–H groups in total. The lowest BCUT2D eigenvalue weighted by Crippen LogP contribution is -2.23. The van der Waals surface area contributed by atoms with E-state index in [-0.39, 0.29) is 0 Å². The summed E-state index contributed by atoms with van der Waals surface area (Å²) in [4.78, 5) is 0. The number of allylic oxidation sites excluding steroid dienone is 10. The molecule has 0 spiro atoms. The number of nitrogens with one attached hydrogen (secondary N) is 1. The van der Waals surface area contributed by atoms with Gasteiger partial charge >= 0.3 is 0 Å². The second kappa shape index (κ2) is 8.61. The van der Waals surface area contributed by atoms with Crippen molar-refractivity contribution in [1.82, 2.24) is 5.32 Å². The summed E-state index contributed by atoms with van der Waals surface area (Å²) in [5.41, 5.74) is 8.79. The van der Waals surface area contributed by atoms with E-state index >= 15 is 0 Å². The summed E-state index contributed by atoms with van der Waals surface area (Å²) in [6, 6.07) is 11.0. The third-order valence-corrected chi connectivity index (χ3v) is 6.11. The molecule has 1 unspecified atom stereocenters. The number of hydrogen-bond donors (Lipinski definition) is 1. The molecule has 0 radical (unpaired) electrons. The Balaban J connectivity index is 1.66. The van der Waals surface area contributed by atoms with Crippen molar-refractivity contribution in [3.8, 4) is 0 Å². The Labute approximate surface area is 164 Å². The molecule has 4 rings (SSSR count). The molecule has 1 aromatic rings. The summed E-state index contributed by atoms with van der Waals surface area (Å²) in [7, 11) is 0. The monoisotopic (exact) mass is 357 g/mol. The van der Waals surface area contributed by atoms with Crippen molar-refractivity contribution in [3.63, 3.8) is 0 Å². The molecule has 1 aromatic carbocycles. The quantitative estimate of drug-likeness (QED) is 0.593. The van der Waals surface area contributed by atoms with E-state index in [0.29, 0.717) is 5.92 Å². The lowest BCUT2D eigenvalue weighted by molar-refractivity contribution is 0.660. The fourth-order valence-corrected chi connectivity index (χ4v) is 4.55. The average Bonchev–Trinajstić information content (AvgIpc) is 2.75. The summed E-state index contributed by atoms with van der Waals surface area (Å²) in [6.07, 6.45) is 21.5. The fourth-order valence-electron chi connectivity index (χ4n) is 4.55. The number of rotatable bonds is 5. The molecule has 0 amide bonds. The van der Waals surface area contributed by atoms with Crippen molar-refractivity contribution in [1.29, 1.82) is 0 Å². The van der Waals surface area contributed by atoms with Gasteiger partial charge < -0.3 is 5.32 Å². The van der Waals surface area contributed by atoms with Gasteiger partial charge in [0.25, 0.3) is 0 Å². The van der Waals surface area contributed by atoms with Crippen LogP contribution in [0.15, 0.2) is 88.8 Å². The highest BCUT2D eigenvalue weighted by molar-refractivity contribution is 5.45. The molecule has 1 atom stereocenters. The van der Waals surface area contributed by atoms with Crippen molar-refractivity contribution >= 4 is 0 Å². The van der Waals surface area contributed by atoms with E-state index in [9.17, 15) is 0 Å². The first-order valence-electron chi connectivity index (χ1n) is 10.7. The lowest BCUT2D eigenvalue weighted by atomic mass is 9.80. The maximum Gasteiger partial charge on any atom is 0.0281 e. The van der Waals surface area contributed by atoms with Gasteiger partial charge in [-0.2, -0.15) is 0 Å². The fraction of sp³-hybridized carbons (Fsp3) is 0.385. The van der Waals surface area contributed by atoms with Gasteiger partial charge in [0.1, 0.15) is 0 Å². The van der Waals surface area contributed by atoms with Crippen molar-refractivity contribution in [2.45, 2.75) is 64.2 Å². The summed E-state index contributed by atoms with van der Waals surface area (Å²) in [5.74, 6) is 0.422. The molecule has 0 bridgehead atoms. The Kier molecular flexibility index (Phi) is 5.77. The molecule has 0 heterocycles. The molecule has 1 heteroatoms. The minimum Gasteiger partial charge on any atom is -0.362 e. The topological polar surface area (TPSA) is 12.0 Å². The summed E-state index contributed by atoms with van der Waals surface area (Å²) < 4.78 is 0. The number of hydrogen-bond acceptors (Lipinski definition) is 1. The van der Waals surface area contributed by atoms with Crippen LogP contribution in [0.3, 0.4) is 0 Å². The summed E-state index contributed by atoms with van der Waals surface area (Å²) >= 11 is 0. The van der Waals surface area contributed by atoms with Crippen molar-refractivity contribution in [2.24, 2.45) is 0 Å². The van der Waals surface area contributed by atoms with E-state index in [1.54, 1.807) is 11.1 Å². The Morgan fingerprint density at radius 3 is 2.63 bits per heavy atom. The van der Waals surface area contributed by atoms with E-state index in [1.165, 1.54) is 48.2 Å². The molecule has 0 saturated heterocycles. The molecule has 0 fully saturated rings. The van der Waals surface area contributed by atoms with Crippen LogP contribution in [0, 0.1) is 0 Å². The van der Waals surface area contributed by atoms with Crippen LogP contribution in [0.1, 0.15) is 69.8 Å². The molecular formula is C26H31N. The molecular weight excluding hydrogens is 326 g/mol. The maximum absolute atomic E-state index is 3.86. The zero-order chi connectivity index (χ0) is 18.5. The van der Waals surface area contributed by atoms with Gasteiger partial charge in [0.15, 0.2) is 0 Å². The predicted octanol–water partition coefficient (Wildman–Crippen LogP) is 7.09. The van der Waals surface area contributed by atoms with Crippen molar-refractivity contribution in [2.75, 3.05) is 0 Å². The van der Waals surface area contributed by atoms with Crippen LogP contribution in [0.2, 0.25) is 0 Å². The zero-order valence-corrected chi connectivity index (χ0v) is 16.5. The normalized spacial score (nSPS) is 22.9. The van der Waals surface area contributed by atoms with Gasteiger partial charge in [-0.25, -0.2) is 0 Å². The molecule has 0 saturated carbocycles. The van der Waals surface area contributed by atoms with E-state index in [2.05, 4.69) is 73.0 Å². The molecule has 1 nitrogen and oxygen atoms in total. The van der Waals surface area contributed by atoms with Crippen LogP contribution in [0.25, 0.3) is 0 Å². The molecule has 0 aliphatic heterocycles. The van der Waals surface area contributed by atoms with Crippen LogP contribution in [0.4, 0.5) is 0 Å². The SMILES string of the molecule is CCC1=C(NC2=CC=C(C3=CCCCC3)CC2c2ccccc2)CCC=C1. The molecule has 3 aliphatic rings. The highest BCUT2D eigenvalue weighted by Gasteiger charge is 2.24. The molecule has 0 aromatic heterocycles. The highest BCUT2D eigenvalue weighted by atomic mass is 14.9. The standard InChI is InChI=1S/C26H31N/c1-2-20-11-9-10-16-25(20)27-26-18-17-23(21-12-5-3-6-13-21)19-24(26)22-14-7-4-8-15-22/h4,7-9,11-12,14-15,17-18,24,27H,2-3,5-6,10,13,16,19H2,1H3. The van der Waals surface area contributed by atoms with Gasteiger partial charge in [-0.05, 0) is 79.7 Å². The Hall–Kier alpha value is -2.28. The molecule has 3 aliphatic carbocycles. The van der Waals surface area contributed by atoms with Crippen molar-refractivity contribution < 1.29 is 0 Å². The van der Waals surface area contributed by atoms with Gasteiger partial charge in [-0.3, -0.25) is 0 Å². The molecule has 140 valence electrons. The molecule has 27 heavy (non-hydrogen) atoms. The first kappa shape index (κ1) is 18.1. The van der Waals surface area contributed by atoms with E-state index in [1.807, 2.05) is 0 Å². The highest BCUT2D eigenvalue weighted by Crippen LogP contribution is 2.39. The maximum atomic E-state index is 3.86. The second-order valence-electron chi connectivity index (χ2n) is 7.88. The minimum atomic E-state index is 0.422. The Morgan fingerprint density at radius 1 is 0.963 bits per heavy atom. The largest absolute Gasteiger partial charge is 0.362 e. The summed E-state index contributed by atoms with van der Waals surface area (Å²) in [6.45, 7) is 2.25. The lowest BCUT2D eigenvalue weighted by Gasteiger charge is -2.30. The Bertz CT molecular complexity index is 817.